The minimum Gasteiger partial charge on any atom is -0.473 e. The van der Waals surface area contributed by atoms with Gasteiger partial charge in [-0.1, -0.05) is 17.7 Å². The summed E-state index contributed by atoms with van der Waals surface area (Å²) in [6.45, 7) is 4.30. The Labute approximate surface area is 144 Å². The van der Waals surface area contributed by atoms with Crippen LogP contribution in [0.5, 0.6) is 0 Å². The number of hydrazone groups is 1. The van der Waals surface area contributed by atoms with Crippen molar-refractivity contribution in [3.8, 4) is 0 Å². The zero-order valence-electron chi connectivity index (χ0n) is 13.4. The van der Waals surface area contributed by atoms with E-state index in [1.54, 1.807) is 12.1 Å². The Bertz CT molecular complexity index is 582. The Morgan fingerprint density at radius 3 is 2.25 bits per heavy atom. The molecule has 6 nitrogen and oxygen atoms in total. The van der Waals surface area contributed by atoms with Gasteiger partial charge in [0, 0.05) is 17.6 Å². The first kappa shape index (κ1) is 19.9. The Morgan fingerprint density at radius 2 is 1.79 bits per heavy atom. The van der Waals surface area contributed by atoms with Gasteiger partial charge in [0.25, 0.3) is 0 Å². The maximum absolute atomic E-state index is 13.6. The number of hydrogen-bond donors (Lipinski definition) is 2. The molecule has 0 aliphatic carbocycles. The highest BCUT2D eigenvalue weighted by Crippen LogP contribution is 2.23. The fourth-order valence-corrected chi connectivity index (χ4v) is 2.61. The molecule has 132 valence electrons. The second-order valence-electron chi connectivity index (χ2n) is 5.50. The summed E-state index contributed by atoms with van der Waals surface area (Å²) in [7, 11) is 0. The molecule has 2 N–H and O–H groups in total. The number of carbonyl (C=O) groups is 2. The number of hydrogen-bond acceptors (Lipinski definition) is 4. The summed E-state index contributed by atoms with van der Waals surface area (Å²) in [5.41, 5.74) is 0.365. The van der Waals surface area contributed by atoms with Crippen LogP contribution in [0, 0.1) is 5.82 Å². The number of carboxylic acid groups (broad SMARTS) is 2. The van der Waals surface area contributed by atoms with Crippen LogP contribution in [0.25, 0.3) is 0 Å². The van der Waals surface area contributed by atoms with Crippen molar-refractivity contribution in [1.82, 2.24) is 5.01 Å². The van der Waals surface area contributed by atoms with Crippen molar-refractivity contribution in [2.75, 3.05) is 0 Å². The number of rotatable bonds is 2. The Morgan fingerprint density at radius 1 is 1.25 bits per heavy atom. The van der Waals surface area contributed by atoms with Crippen LogP contribution in [0.2, 0.25) is 5.02 Å². The highest BCUT2D eigenvalue weighted by molar-refractivity contribution is 6.33. The molecular formula is C16H20ClFN2O4. The number of nitrogens with zero attached hydrogens (tertiary/aromatic N) is 2. The molecule has 0 radical (unpaired) electrons. The van der Waals surface area contributed by atoms with Gasteiger partial charge in [-0.2, -0.15) is 5.10 Å². The summed E-state index contributed by atoms with van der Waals surface area (Å²) in [6, 6.07) is 5.47. The monoisotopic (exact) mass is 358 g/mol. The lowest BCUT2D eigenvalue weighted by Crippen LogP contribution is -2.39. The largest absolute Gasteiger partial charge is 0.473 e. The van der Waals surface area contributed by atoms with Crippen LogP contribution < -0.4 is 0 Å². The molecule has 1 aromatic rings. The number of piperidine rings is 1. The van der Waals surface area contributed by atoms with E-state index in [0.29, 0.717) is 22.7 Å². The zero-order chi connectivity index (χ0) is 18.3. The van der Waals surface area contributed by atoms with Crippen molar-refractivity contribution in [1.29, 1.82) is 0 Å². The van der Waals surface area contributed by atoms with Gasteiger partial charge in [-0.25, -0.2) is 14.0 Å². The smallest absolute Gasteiger partial charge is 0.414 e. The lowest BCUT2D eigenvalue weighted by atomic mass is 10.00. The third-order valence-electron chi connectivity index (χ3n) is 3.65. The lowest BCUT2D eigenvalue weighted by molar-refractivity contribution is -0.159. The van der Waals surface area contributed by atoms with E-state index in [2.05, 4.69) is 18.9 Å². The van der Waals surface area contributed by atoms with Crippen molar-refractivity contribution < 1.29 is 24.2 Å². The number of benzene rings is 1. The molecule has 0 aromatic heterocycles. The topological polar surface area (TPSA) is 90.2 Å². The molecule has 0 amide bonds. The summed E-state index contributed by atoms with van der Waals surface area (Å²) >= 11 is 5.97. The molecule has 8 heteroatoms. The lowest BCUT2D eigenvalue weighted by Gasteiger charge is -2.36. The molecular weight excluding hydrogens is 339 g/mol. The van der Waals surface area contributed by atoms with E-state index >= 15 is 0 Å². The van der Waals surface area contributed by atoms with Gasteiger partial charge in [0.15, 0.2) is 0 Å². The summed E-state index contributed by atoms with van der Waals surface area (Å²) in [6.07, 6.45) is 5.03. The molecule has 1 aromatic carbocycles. The molecule has 0 bridgehead atoms. The molecule has 2 unspecified atom stereocenters. The average molecular weight is 359 g/mol. The van der Waals surface area contributed by atoms with Gasteiger partial charge in [-0.05, 0) is 45.2 Å². The normalized spacial score (nSPS) is 20.4. The summed E-state index contributed by atoms with van der Waals surface area (Å²) in [5.74, 6) is -3.98. The van der Waals surface area contributed by atoms with E-state index in [0.717, 1.165) is 12.8 Å². The Kier molecular flexibility index (Phi) is 7.64. The zero-order valence-corrected chi connectivity index (χ0v) is 14.2. The average Bonchev–Trinajstić information content (AvgIpc) is 2.49. The maximum atomic E-state index is 13.6. The van der Waals surface area contributed by atoms with E-state index in [1.165, 1.54) is 18.7 Å². The number of halogens is 2. The molecule has 2 rings (SSSR count). The molecule has 24 heavy (non-hydrogen) atoms. The molecule has 1 saturated heterocycles. The Hall–Kier alpha value is -2.15. The van der Waals surface area contributed by atoms with Crippen LogP contribution in [0.3, 0.4) is 0 Å². The van der Waals surface area contributed by atoms with E-state index in [9.17, 15) is 4.39 Å². The molecule has 2 atom stereocenters. The quantitative estimate of drug-likeness (QED) is 0.625. The van der Waals surface area contributed by atoms with E-state index in [-0.39, 0.29) is 5.82 Å². The molecule has 1 heterocycles. The first-order valence-corrected chi connectivity index (χ1v) is 7.84. The van der Waals surface area contributed by atoms with Gasteiger partial charge >= 0.3 is 11.9 Å². The van der Waals surface area contributed by atoms with Crippen molar-refractivity contribution in [3.05, 3.63) is 34.6 Å². The molecule has 1 fully saturated rings. The second-order valence-corrected chi connectivity index (χ2v) is 5.91. The highest BCUT2D eigenvalue weighted by Gasteiger charge is 2.22. The maximum Gasteiger partial charge on any atom is 0.414 e. The van der Waals surface area contributed by atoms with Crippen LogP contribution in [0.15, 0.2) is 23.3 Å². The molecule has 0 saturated carbocycles. The standard InChI is InChI=1S/C14H18ClFN2.C2H2O4/c1-10-5-3-6-11(2)18(10)17-9-12-13(15)7-4-8-14(12)16;3-1(4)2(5)6/h4,7-11H,3,5-6H2,1-2H3;(H,3,4)(H,5,6)/b17-9+;. The summed E-state index contributed by atoms with van der Waals surface area (Å²) in [5, 5.41) is 21.7. The molecule has 1 aliphatic rings. The number of carboxylic acids is 2. The SMILES string of the molecule is CC1CCCC(C)N1/N=C/c1c(F)cccc1Cl.O=C(O)C(=O)O. The first-order chi connectivity index (χ1) is 11.2. The van der Waals surface area contributed by atoms with Crippen LogP contribution in [-0.2, 0) is 9.59 Å². The van der Waals surface area contributed by atoms with Crippen molar-refractivity contribution in [2.45, 2.75) is 45.2 Å². The third-order valence-corrected chi connectivity index (χ3v) is 3.98. The van der Waals surface area contributed by atoms with E-state index in [1.807, 2.05) is 5.01 Å². The second kappa shape index (κ2) is 9.22. The van der Waals surface area contributed by atoms with E-state index in [4.69, 9.17) is 31.4 Å². The first-order valence-electron chi connectivity index (χ1n) is 7.46. The van der Waals surface area contributed by atoms with Crippen LogP contribution >= 0.6 is 11.6 Å². The van der Waals surface area contributed by atoms with Gasteiger partial charge in [0.1, 0.15) is 5.82 Å². The van der Waals surface area contributed by atoms with E-state index < -0.39 is 11.9 Å². The van der Waals surface area contributed by atoms with Gasteiger partial charge in [-0.15, -0.1) is 0 Å². The Balaban J connectivity index is 0.000000413. The van der Waals surface area contributed by atoms with Gasteiger partial charge in [-0.3, -0.25) is 5.01 Å². The van der Waals surface area contributed by atoms with Crippen LogP contribution in [0.4, 0.5) is 4.39 Å². The van der Waals surface area contributed by atoms with Crippen LogP contribution in [-0.4, -0.2) is 45.5 Å². The minimum absolute atomic E-state index is 0.330. The summed E-state index contributed by atoms with van der Waals surface area (Å²) < 4.78 is 13.6. The fraction of sp³-hybridized carbons (Fsp3) is 0.438. The summed E-state index contributed by atoms with van der Waals surface area (Å²) in [4.78, 5) is 18.2. The van der Waals surface area contributed by atoms with Crippen molar-refractivity contribution in [3.63, 3.8) is 0 Å². The highest BCUT2D eigenvalue weighted by atomic mass is 35.5. The van der Waals surface area contributed by atoms with Gasteiger partial charge < -0.3 is 10.2 Å². The van der Waals surface area contributed by atoms with Crippen molar-refractivity contribution in [2.24, 2.45) is 5.10 Å². The molecule has 1 aliphatic heterocycles. The fourth-order valence-electron chi connectivity index (χ4n) is 2.39. The predicted molar refractivity (Wildman–Crippen MR) is 88.9 cm³/mol. The van der Waals surface area contributed by atoms with Gasteiger partial charge in [0.05, 0.1) is 11.2 Å². The predicted octanol–water partition coefficient (Wildman–Crippen LogP) is 3.23. The molecule has 0 spiro atoms. The van der Waals surface area contributed by atoms with Crippen LogP contribution in [0.1, 0.15) is 38.7 Å². The third kappa shape index (κ3) is 5.81. The van der Waals surface area contributed by atoms with Gasteiger partial charge in [0.2, 0.25) is 0 Å². The van der Waals surface area contributed by atoms with Crippen molar-refractivity contribution >= 4 is 29.8 Å². The number of aliphatic carboxylic acids is 2. The minimum atomic E-state index is -1.82.